The number of nitrogen functional groups attached to an aromatic ring is 1. The van der Waals surface area contributed by atoms with Crippen LogP contribution in [0.3, 0.4) is 0 Å². The van der Waals surface area contributed by atoms with Gasteiger partial charge in [-0.25, -0.2) is 15.8 Å². The Balaban J connectivity index is 1.48. The van der Waals surface area contributed by atoms with Gasteiger partial charge in [-0.05, 0) is 48.7 Å². The number of amides is 2. The fourth-order valence-corrected chi connectivity index (χ4v) is 4.84. The molecule has 0 spiro atoms. The Hall–Kier alpha value is -4.24. The quantitative estimate of drug-likeness (QED) is 0.323. The van der Waals surface area contributed by atoms with Gasteiger partial charge in [0, 0.05) is 13.1 Å². The van der Waals surface area contributed by atoms with Crippen LogP contribution in [0.15, 0.2) is 73.6 Å². The molecule has 2 aliphatic heterocycles. The molecule has 1 unspecified atom stereocenters. The van der Waals surface area contributed by atoms with Gasteiger partial charge in [0.05, 0.1) is 17.5 Å². The lowest BCUT2D eigenvalue weighted by atomic mass is 9.93. The first-order chi connectivity index (χ1) is 17.1. The van der Waals surface area contributed by atoms with Crippen molar-refractivity contribution in [3.63, 3.8) is 0 Å². The van der Waals surface area contributed by atoms with Crippen LogP contribution in [0.5, 0.6) is 11.5 Å². The monoisotopic (exact) mass is 470 g/mol. The highest BCUT2D eigenvalue weighted by atomic mass is 16.5. The summed E-state index contributed by atoms with van der Waals surface area (Å²) in [5.74, 6) is 7.19. The second kappa shape index (κ2) is 9.55. The van der Waals surface area contributed by atoms with Gasteiger partial charge in [0.15, 0.2) is 0 Å². The van der Waals surface area contributed by atoms with Gasteiger partial charge in [0.25, 0.3) is 0 Å². The zero-order valence-corrected chi connectivity index (χ0v) is 19.1. The number of anilines is 2. The zero-order valence-electron chi connectivity index (χ0n) is 19.1. The number of aromatic nitrogens is 2. The van der Waals surface area contributed by atoms with E-state index >= 15 is 0 Å². The van der Waals surface area contributed by atoms with E-state index in [4.69, 9.17) is 10.6 Å². The number of piperidine rings is 1. The second-order valence-corrected chi connectivity index (χ2v) is 8.51. The number of nitrogens with one attached hydrogen (secondary N) is 1. The largest absolute Gasteiger partial charge is 0.457 e. The average molecular weight is 471 g/mol. The number of hydrogen-bond donors (Lipinski definition) is 2. The molecular weight excluding hydrogens is 444 g/mol. The van der Waals surface area contributed by atoms with Crippen LogP contribution in [0.25, 0.3) is 0 Å². The number of carbonyl (C=O) groups is 2. The number of hydrogen-bond acceptors (Lipinski definition) is 7. The molecule has 1 saturated heterocycles. The predicted octanol–water partition coefficient (Wildman–Crippen LogP) is 3.21. The van der Waals surface area contributed by atoms with Crippen molar-refractivity contribution in [3.05, 3.63) is 84.7 Å². The number of hydrazine groups is 1. The third-order valence-corrected chi connectivity index (χ3v) is 6.44. The summed E-state index contributed by atoms with van der Waals surface area (Å²) in [4.78, 5) is 38.3. The Morgan fingerprint density at radius 2 is 1.86 bits per heavy atom. The maximum absolute atomic E-state index is 13.9. The standard InChI is InChI=1S/C26H26N6O3/c1-2-21(33)31-14-6-7-18(15-31)32-25-23(24(30-27)28-16-29-25)22(26(32)34)17-10-12-20(13-11-17)35-19-8-4-3-5-9-19/h2-5,8-13,16,18,22H,1,6-7,14-15,27H2,(H,28,29,30)/t18-,22?/m0/s1. The van der Waals surface area contributed by atoms with E-state index in [1.165, 1.54) is 12.4 Å². The number of ether oxygens (including phenoxy) is 1. The van der Waals surface area contributed by atoms with E-state index in [2.05, 4.69) is 22.0 Å². The molecule has 35 heavy (non-hydrogen) atoms. The first-order valence-electron chi connectivity index (χ1n) is 11.5. The minimum atomic E-state index is -0.631. The topological polar surface area (TPSA) is 114 Å². The first kappa shape index (κ1) is 22.5. The van der Waals surface area contributed by atoms with Crippen molar-refractivity contribution in [3.8, 4) is 11.5 Å². The highest BCUT2D eigenvalue weighted by Crippen LogP contribution is 2.45. The number of fused-ring (bicyclic) bond motifs is 1. The van der Waals surface area contributed by atoms with E-state index in [0.29, 0.717) is 36.0 Å². The summed E-state index contributed by atoms with van der Waals surface area (Å²) >= 11 is 0. The maximum atomic E-state index is 13.9. The number of nitrogens with zero attached hydrogens (tertiary/aromatic N) is 4. The summed E-state index contributed by atoms with van der Waals surface area (Å²) in [5, 5.41) is 0. The normalized spacial score (nSPS) is 19.3. The molecule has 1 aromatic heterocycles. The van der Waals surface area contributed by atoms with Crippen LogP contribution in [0, 0.1) is 0 Å². The minimum absolute atomic E-state index is 0.119. The van der Waals surface area contributed by atoms with E-state index in [1.54, 1.807) is 9.80 Å². The van der Waals surface area contributed by atoms with E-state index in [0.717, 1.165) is 24.2 Å². The van der Waals surface area contributed by atoms with Gasteiger partial charge >= 0.3 is 0 Å². The Morgan fingerprint density at radius 1 is 1.11 bits per heavy atom. The molecule has 178 valence electrons. The third-order valence-electron chi connectivity index (χ3n) is 6.44. The van der Waals surface area contributed by atoms with Gasteiger partial charge in [0.1, 0.15) is 29.5 Å². The summed E-state index contributed by atoms with van der Waals surface area (Å²) in [6.45, 7) is 4.65. The Kier molecular flexibility index (Phi) is 6.15. The summed E-state index contributed by atoms with van der Waals surface area (Å²) in [7, 11) is 0. The fraction of sp³-hybridized carbons (Fsp3) is 0.231. The molecule has 1 fully saturated rings. The molecule has 3 aromatic rings. The molecule has 0 radical (unpaired) electrons. The molecular formula is C26H26N6O3. The van der Waals surface area contributed by atoms with Crippen molar-refractivity contribution in [1.29, 1.82) is 0 Å². The lowest BCUT2D eigenvalue weighted by molar-refractivity contribution is -0.128. The molecule has 9 nitrogen and oxygen atoms in total. The van der Waals surface area contributed by atoms with Crippen LogP contribution in [-0.4, -0.2) is 45.8 Å². The Bertz CT molecular complexity index is 1250. The highest BCUT2D eigenvalue weighted by Gasteiger charge is 2.45. The van der Waals surface area contributed by atoms with E-state index < -0.39 is 5.92 Å². The van der Waals surface area contributed by atoms with E-state index in [9.17, 15) is 9.59 Å². The average Bonchev–Trinajstić information content (AvgIpc) is 3.21. The molecule has 0 bridgehead atoms. The summed E-state index contributed by atoms with van der Waals surface area (Å²) in [6, 6.07) is 16.7. The lowest BCUT2D eigenvalue weighted by Crippen LogP contribution is -2.51. The number of carbonyl (C=O) groups excluding carboxylic acids is 2. The summed E-state index contributed by atoms with van der Waals surface area (Å²) in [6.07, 6.45) is 4.25. The molecule has 3 heterocycles. The van der Waals surface area contributed by atoms with E-state index in [1.807, 2.05) is 54.6 Å². The molecule has 9 heteroatoms. The highest BCUT2D eigenvalue weighted by molar-refractivity contribution is 6.08. The second-order valence-electron chi connectivity index (χ2n) is 8.51. The third kappa shape index (κ3) is 4.22. The molecule has 3 N–H and O–H groups in total. The summed E-state index contributed by atoms with van der Waals surface area (Å²) in [5.41, 5.74) is 4.03. The van der Waals surface area contributed by atoms with Crippen LogP contribution < -0.4 is 20.9 Å². The zero-order chi connectivity index (χ0) is 24.4. The van der Waals surface area contributed by atoms with Gasteiger partial charge in [-0.15, -0.1) is 0 Å². The van der Waals surface area contributed by atoms with Crippen LogP contribution >= 0.6 is 0 Å². The van der Waals surface area contributed by atoms with Crippen molar-refractivity contribution in [2.24, 2.45) is 5.84 Å². The molecule has 2 aliphatic rings. The predicted molar refractivity (Wildman–Crippen MR) is 132 cm³/mol. The van der Waals surface area contributed by atoms with Crippen LogP contribution in [0.4, 0.5) is 11.6 Å². The Morgan fingerprint density at radius 3 is 2.57 bits per heavy atom. The van der Waals surface area contributed by atoms with Gasteiger partial charge in [0.2, 0.25) is 11.8 Å². The Labute approximate surface area is 203 Å². The van der Waals surface area contributed by atoms with Gasteiger partial charge in [-0.3, -0.25) is 14.5 Å². The number of benzene rings is 2. The van der Waals surface area contributed by atoms with Crippen LogP contribution in [0.1, 0.15) is 29.9 Å². The summed E-state index contributed by atoms with van der Waals surface area (Å²) < 4.78 is 5.90. The molecule has 0 saturated carbocycles. The van der Waals surface area contributed by atoms with Crippen molar-refractivity contribution in [2.75, 3.05) is 23.4 Å². The van der Waals surface area contributed by atoms with Crippen molar-refractivity contribution < 1.29 is 14.3 Å². The number of rotatable bonds is 6. The minimum Gasteiger partial charge on any atom is -0.457 e. The fourth-order valence-electron chi connectivity index (χ4n) is 4.84. The number of likely N-dealkylation sites (tertiary alicyclic amines) is 1. The number of nitrogens with two attached hydrogens (primary N) is 1. The van der Waals surface area contributed by atoms with Crippen molar-refractivity contribution in [2.45, 2.75) is 24.8 Å². The number of para-hydroxylation sites is 1. The van der Waals surface area contributed by atoms with Crippen LogP contribution in [-0.2, 0) is 9.59 Å². The van der Waals surface area contributed by atoms with Gasteiger partial charge in [-0.1, -0.05) is 36.9 Å². The van der Waals surface area contributed by atoms with Gasteiger partial charge in [-0.2, -0.15) is 0 Å². The maximum Gasteiger partial charge on any atom is 0.246 e. The molecule has 2 atom stereocenters. The van der Waals surface area contributed by atoms with E-state index in [-0.39, 0.29) is 17.9 Å². The molecule has 0 aliphatic carbocycles. The molecule has 5 rings (SSSR count). The SMILES string of the molecule is C=CC(=O)N1CCC[C@H](N2C(=O)C(c3ccc(Oc4ccccc4)cc3)c3c(NN)ncnc32)C1. The smallest absolute Gasteiger partial charge is 0.246 e. The molecule has 2 amide bonds. The lowest BCUT2D eigenvalue weighted by Gasteiger charge is -2.37. The van der Waals surface area contributed by atoms with Crippen molar-refractivity contribution in [1.82, 2.24) is 14.9 Å². The first-order valence-corrected chi connectivity index (χ1v) is 11.5. The molecule has 2 aromatic carbocycles. The van der Waals surface area contributed by atoms with Gasteiger partial charge < -0.3 is 15.1 Å². The van der Waals surface area contributed by atoms with Crippen LogP contribution in [0.2, 0.25) is 0 Å². The van der Waals surface area contributed by atoms with Crippen molar-refractivity contribution >= 4 is 23.5 Å².